The van der Waals surface area contributed by atoms with Crippen LogP contribution in [-0.4, -0.2) is 53.3 Å². The molecule has 1 fully saturated rings. The fourth-order valence-electron chi connectivity index (χ4n) is 3.81. The Balaban J connectivity index is 1.37. The van der Waals surface area contributed by atoms with Gasteiger partial charge in [-0.05, 0) is 6.92 Å². The highest BCUT2D eigenvalue weighted by Crippen LogP contribution is 2.36. The van der Waals surface area contributed by atoms with Crippen LogP contribution in [0.1, 0.15) is 11.5 Å². The molecule has 11 nitrogen and oxygen atoms in total. The normalized spacial score (nSPS) is 19.4. The Morgan fingerprint density at radius 3 is 2.36 bits per heavy atom. The second kappa shape index (κ2) is 8.01. The highest BCUT2D eigenvalue weighted by Gasteiger charge is 2.55. The Labute approximate surface area is 188 Å². The standard InChI is InChI=1S/C22H20N6O5/c1-12-4-6-13(7-5-12)20-23-17(33-25-20)11-27-19-18(24-26-27)21(29)28(22(19)30)14-8-15(31-2)10-16(9-14)32-3/h4-10,18-19H,11H2,1-3H3/t18-,19-/m0/s1. The van der Waals surface area contributed by atoms with E-state index < -0.39 is 23.9 Å². The number of rotatable bonds is 6. The molecule has 2 amide bonds. The Bertz CT molecular complexity index is 1230. The predicted molar refractivity (Wildman–Crippen MR) is 114 cm³/mol. The van der Waals surface area contributed by atoms with Crippen molar-refractivity contribution in [3.8, 4) is 22.9 Å². The van der Waals surface area contributed by atoms with Gasteiger partial charge in [0, 0.05) is 23.8 Å². The van der Waals surface area contributed by atoms with E-state index >= 15 is 0 Å². The predicted octanol–water partition coefficient (Wildman–Crippen LogP) is 2.56. The molecule has 3 aromatic rings. The van der Waals surface area contributed by atoms with Gasteiger partial charge in [0.2, 0.25) is 11.7 Å². The maximum Gasteiger partial charge on any atom is 0.263 e. The van der Waals surface area contributed by atoms with Crippen molar-refractivity contribution < 1.29 is 23.6 Å². The van der Waals surface area contributed by atoms with Crippen LogP contribution in [0.5, 0.6) is 11.5 Å². The van der Waals surface area contributed by atoms with Crippen LogP contribution in [0, 0.1) is 6.92 Å². The fraction of sp³-hybridized carbons (Fsp3) is 0.273. The van der Waals surface area contributed by atoms with Crippen LogP contribution >= 0.6 is 0 Å². The number of ether oxygens (including phenoxy) is 2. The molecule has 0 spiro atoms. The molecule has 168 valence electrons. The zero-order chi connectivity index (χ0) is 23.1. The molecule has 1 saturated heterocycles. The first-order valence-electron chi connectivity index (χ1n) is 10.2. The lowest BCUT2D eigenvalue weighted by Crippen LogP contribution is -2.39. The average Bonchev–Trinajstić information content (AvgIpc) is 3.52. The minimum atomic E-state index is -0.950. The monoisotopic (exact) mass is 448 g/mol. The molecule has 3 heterocycles. The van der Waals surface area contributed by atoms with Crippen molar-refractivity contribution in [2.45, 2.75) is 25.6 Å². The van der Waals surface area contributed by atoms with Crippen LogP contribution in [0.3, 0.4) is 0 Å². The number of aromatic nitrogens is 2. The molecule has 33 heavy (non-hydrogen) atoms. The Morgan fingerprint density at radius 2 is 1.70 bits per heavy atom. The number of hydrogen-bond donors (Lipinski definition) is 0. The van der Waals surface area contributed by atoms with E-state index in [2.05, 4.69) is 20.5 Å². The largest absolute Gasteiger partial charge is 0.497 e. The number of fused-ring (bicyclic) bond motifs is 1. The number of nitrogens with zero attached hydrogens (tertiary/aromatic N) is 6. The third-order valence-electron chi connectivity index (χ3n) is 5.53. The van der Waals surface area contributed by atoms with Gasteiger partial charge in [0.1, 0.15) is 18.0 Å². The Kier molecular flexibility index (Phi) is 5.00. The SMILES string of the molecule is COc1cc(OC)cc(N2C(=O)[C@H]3N=NN(Cc4nc(-c5ccc(C)cc5)no4)[C@@H]3C2=O)c1. The number of carbonyl (C=O) groups is 2. The van der Waals surface area contributed by atoms with E-state index in [1.54, 1.807) is 18.2 Å². The summed E-state index contributed by atoms with van der Waals surface area (Å²) >= 11 is 0. The summed E-state index contributed by atoms with van der Waals surface area (Å²) < 4.78 is 15.9. The average molecular weight is 448 g/mol. The summed E-state index contributed by atoms with van der Waals surface area (Å²) in [6.07, 6.45) is 0. The number of carbonyl (C=O) groups excluding carboxylic acids is 2. The third-order valence-corrected chi connectivity index (χ3v) is 5.53. The molecule has 11 heteroatoms. The summed E-state index contributed by atoms with van der Waals surface area (Å²) in [5.74, 6) is 0.662. The molecule has 0 bridgehead atoms. The Morgan fingerprint density at radius 1 is 1.00 bits per heavy atom. The summed E-state index contributed by atoms with van der Waals surface area (Å²) in [5.41, 5.74) is 2.26. The topological polar surface area (TPSA) is 123 Å². The van der Waals surface area contributed by atoms with Gasteiger partial charge in [-0.25, -0.2) is 4.90 Å². The maximum atomic E-state index is 13.3. The van der Waals surface area contributed by atoms with Crippen molar-refractivity contribution in [3.05, 3.63) is 53.9 Å². The number of anilines is 1. The molecule has 5 rings (SSSR count). The minimum absolute atomic E-state index is 0.0395. The highest BCUT2D eigenvalue weighted by atomic mass is 16.5. The van der Waals surface area contributed by atoms with Crippen molar-refractivity contribution >= 4 is 17.5 Å². The zero-order valence-electron chi connectivity index (χ0n) is 18.1. The zero-order valence-corrected chi connectivity index (χ0v) is 18.1. The number of methoxy groups -OCH3 is 2. The van der Waals surface area contributed by atoms with Crippen LogP contribution in [0.4, 0.5) is 5.69 Å². The van der Waals surface area contributed by atoms with E-state index in [1.165, 1.54) is 19.2 Å². The lowest BCUT2D eigenvalue weighted by molar-refractivity contribution is -0.123. The minimum Gasteiger partial charge on any atom is -0.497 e. The van der Waals surface area contributed by atoms with Crippen LogP contribution in [-0.2, 0) is 16.1 Å². The molecule has 0 N–H and O–H groups in total. The van der Waals surface area contributed by atoms with Crippen LogP contribution in [0.25, 0.3) is 11.4 Å². The van der Waals surface area contributed by atoms with Crippen molar-refractivity contribution in [1.82, 2.24) is 15.1 Å². The molecule has 2 atom stereocenters. The van der Waals surface area contributed by atoms with Crippen molar-refractivity contribution in [3.63, 3.8) is 0 Å². The van der Waals surface area contributed by atoms with Crippen LogP contribution in [0.15, 0.2) is 57.3 Å². The van der Waals surface area contributed by atoms with Gasteiger partial charge in [0.05, 0.1) is 19.9 Å². The number of amides is 2. The third kappa shape index (κ3) is 3.56. The molecule has 2 aliphatic rings. The first kappa shape index (κ1) is 20.6. The number of imide groups is 1. The van der Waals surface area contributed by atoms with Gasteiger partial charge in [-0.15, -0.1) is 0 Å². The molecule has 0 unspecified atom stereocenters. The quantitative estimate of drug-likeness (QED) is 0.527. The number of benzene rings is 2. The lowest BCUT2D eigenvalue weighted by atomic mass is 10.1. The second-order valence-electron chi connectivity index (χ2n) is 7.65. The smallest absolute Gasteiger partial charge is 0.263 e. The molecule has 2 aliphatic heterocycles. The van der Waals surface area contributed by atoms with Crippen LogP contribution < -0.4 is 14.4 Å². The first-order valence-corrected chi connectivity index (χ1v) is 10.2. The fourth-order valence-corrected chi connectivity index (χ4v) is 3.81. The van der Waals surface area contributed by atoms with Crippen LogP contribution in [0.2, 0.25) is 0 Å². The van der Waals surface area contributed by atoms with E-state index in [0.29, 0.717) is 23.0 Å². The van der Waals surface area contributed by atoms with E-state index in [4.69, 9.17) is 14.0 Å². The van der Waals surface area contributed by atoms with E-state index in [1.807, 2.05) is 31.2 Å². The second-order valence-corrected chi connectivity index (χ2v) is 7.65. The van der Waals surface area contributed by atoms with Gasteiger partial charge in [0.25, 0.3) is 11.8 Å². The highest BCUT2D eigenvalue weighted by molar-refractivity contribution is 6.25. The summed E-state index contributed by atoms with van der Waals surface area (Å²) in [5, 5.41) is 13.4. The van der Waals surface area contributed by atoms with Gasteiger partial charge in [-0.2, -0.15) is 10.1 Å². The molecular formula is C22H20N6O5. The number of hydrogen-bond acceptors (Lipinski definition) is 10. The number of aryl methyl sites for hydroxylation is 1. The summed E-state index contributed by atoms with van der Waals surface area (Å²) in [4.78, 5) is 31.7. The van der Waals surface area contributed by atoms with Gasteiger partial charge < -0.3 is 14.0 Å². The summed E-state index contributed by atoms with van der Waals surface area (Å²) in [7, 11) is 2.98. The molecule has 2 aromatic carbocycles. The van der Waals surface area contributed by atoms with Gasteiger partial charge in [-0.1, -0.05) is 40.2 Å². The van der Waals surface area contributed by atoms with E-state index in [-0.39, 0.29) is 12.4 Å². The molecule has 0 aliphatic carbocycles. The van der Waals surface area contributed by atoms with Gasteiger partial charge >= 0.3 is 0 Å². The van der Waals surface area contributed by atoms with Crippen molar-refractivity contribution in [2.24, 2.45) is 10.3 Å². The molecular weight excluding hydrogens is 428 g/mol. The maximum absolute atomic E-state index is 13.3. The van der Waals surface area contributed by atoms with Gasteiger partial charge in [-0.3, -0.25) is 14.6 Å². The van der Waals surface area contributed by atoms with Crippen molar-refractivity contribution in [1.29, 1.82) is 0 Å². The first-order chi connectivity index (χ1) is 16.0. The summed E-state index contributed by atoms with van der Waals surface area (Å²) in [6.45, 7) is 2.03. The van der Waals surface area contributed by atoms with Gasteiger partial charge in [0.15, 0.2) is 12.1 Å². The molecule has 0 radical (unpaired) electrons. The molecule has 0 saturated carbocycles. The van der Waals surface area contributed by atoms with Crippen molar-refractivity contribution in [2.75, 3.05) is 19.1 Å². The Hall–Kier alpha value is -4.28. The lowest BCUT2D eigenvalue weighted by Gasteiger charge is -2.20. The molecule has 1 aromatic heterocycles. The summed E-state index contributed by atoms with van der Waals surface area (Å²) in [6, 6.07) is 10.7. The van der Waals surface area contributed by atoms with E-state index in [0.717, 1.165) is 16.0 Å². The van der Waals surface area contributed by atoms with E-state index in [9.17, 15) is 9.59 Å².